The first-order valence-corrected chi connectivity index (χ1v) is 18.1. The van der Waals surface area contributed by atoms with E-state index in [2.05, 4.69) is 0 Å². The lowest BCUT2D eigenvalue weighted by atomic mass is 10.3. The van der Waals surface area contributed by atoms with E-state index in [0.29, 0.717) is 170 Å². The molecule has 0 aliphatic carbocycles. The van der Waals surface area contributed by atoms with Crippen molar-refractivity contribution in [3.63, 3.8) is 0 Å². The van der Waals surface area contributed by atoms with Gasteiger partial charge in [0.15, 0.2) is 0 Å². The lowest BCUT2D eigenvalue weighted by Crippen LogP contribution is -2.33. The highest BCUT2D eigenvalue weighted by Crippen LogP contribution is 2.19. The van der Waals surface area contributed by atoms with Gasteiger partial charge in [-0.15, -0.1) is 0 Å². The zero-order valence-corrected chi connectivity index (χ0v) is 31.0. The van der Waals surface area contributed by atoms with Gasteiger partial charge in [-0.25, -0.2) is 0 Å². The highest BCUT2D eigenvalue weighted by Gasteiger charge is 2.22. The summed E-state index contributed by atoms with van der Waals surface area (Å²) in [5, 5.41) is 0. The number of carbonyl (C=O) groups is 2. The molecule has 0 fully saturated rings. The Labute approximate surface area is 313 Å². The van der Waals surface area contributed by atoms with Crippen molar-refractivity contribution in [2.45, 2.75) is 0 Å². The number of benzene rings is 1. The van der Waals surface area contributed by atoms with E-state index < -0.39 is 0 Å². The van der Waals surface area contributed by atoms with Gasteiger partial charge >= 0.3 is 0 Å². The summed E-state index contributed by atoms with van der Waals surface area (Å²) in [4.78, 5) is 24.0. The number of nitrogen functional groups attached to an aromatic ring is 1. The normalized spacial score (nSPS) is 12.8. The van der Waals surface area contributed by atoms with E-state index >= 15 is 0 Å². The number of anilines is 1. The summed E-state index contributed by atoms with van der Waals surface area (Å²) in [6, 6.07) is 7.36. The van der Waals surface area contributed by atoms with Gasteiger partial charge in [-0.3, -0.25) is 14.5 Å². The van der Waals surface area contributed by atoms with Gasteiger partial charge in [0.05, 0.1) is 171 Å². The van der Waals surface area contributed by atoms with Crippen LogP contribution in [-0.4, -0.2) is 188 Å². The molecular weight excluding hydrogens is 700 g/mol. The molecular formula is C36H60N2O15. The van der Waals surface area contributed by atoms with Gasteiger partial charge in [-0.05, 0) is 12.1 Å². The number of carbonyl (C=O) groups excluding carboxylic acids is 2. The van der Waals surface area contributed by atoms with E-state index in [0.717, 1.165) is 4.90 Å². The van der Waals surface area contributed by atoms with Crippen LogP contribution in [0.1, 0.15) is 0 Å². The fourth-order valence-corrected chi connectivity index (χ4v) is 4.15. The van der Waals surface area contributed by atoms with Crippen molar-refractivity contribution in [2.75, 3.05) is 177 Å². The van der Waals surface area contributed by atoms with Crippen LogP contribution in [0.3, 0.4) is 0 Å². The number of rotatable bonds is 40. The van der Waals surface area contributed by atoms with Crippen LogP contribution in [0.25, 0.3) is 0 Å². The van der Waals surface area contributed by atoms with Crippen molar-refractivity contribution in [3.8, 4) is 5.75 Å². The van der Waals surface area contributed by atoms with Crippen LogP contribution in [0.4, 0.5) is 5.69 Å². The Morgan fingerprint density at radius 1 is 0.377 bits per heavy atom. The van der Waals surface area contributed by atoms with E-state index in [1.165, 1.54) is 12.2 Å². The van der Waals surface area contributed by atoms with Crippen molar-refractivity contribution in [3.05, 3.63) is 36.4 Å². The first-order chi connectivity index (χ1) is 26.2. The molecule has 0 aromatic heterocycles. The average molecular weight is 761 g/mol. The third-order valence-electron chi connectivity index (χ3n) is 6.86. The topological polar surface area (TPSA) is 183 Å². The van der Waals surface area contributed by atoms with Gasteiger partial charge in [0.2, 0.25) is 0 Å². The molecule has 53 heavy (non-hydrogen) atoms. The number of amides is 2. The fraction of sp³-hybridized carbons (Fsp3) is 0.722. The van der Waals surface area contributed by atoms with Gasteiger partial charge in [0.25, 0.3) is 11.8 Å². The number of hydrogen-bond donors (Lipinski definition) is 1. The lowest BCUT2D eigenvalue weighted by molar-refractivity contribution is -0.137. The molecule has 1 aliphatic rings. The highest BCUT2D eigenvalue weighted by molar-refractivity contribution is 6.12. The van der Waals surface area contributed by atoms with E-state index in [1.807, 2.05) is 18.2 Å². The Hall–Kier alpha value is -2.78. The maximum atomic E-state index is 11.4. The van der Waals surface area contributed by atoms with Crippen molar-refractivity contribution in [1.82, 2.24) is 4.90 Å². The van der Waals surface area contributed by atoms with E-state index in [-0.39, 0.29) is 25.0 Å². The van der Waals surface area contributed by atoms with E-state index in [1.54, 1.807) is 6.07 Å². The summed E-state index contributed by atoms with van der Waals surface area (Å²) >= 11 is 0. The molecule has 304 valence electrons. The number of para-hydroxylation sites is 2. The van der Waals surface area contributed by atoms with Crippen LogP contribution in [0.2, 0.25) is 0 Å². The van der Waals surface area contributed by atoms with Crippen molar-refractivity contribution in [2.24, 2.45) is 0 Å². The van der Waals surface area contributed by atoms with Crippen LogP contribution in [0.5, 0.6) is 5.75 Å². The van der Waals surface area contributed by atoms with Crippen molar-refractivity contribution in [1.29, 1.82) is 0 Å². The molecule has 0 unspecified atom stereocenters. The Morgan fingerprint density at radius 3 is 0.943 bits per heavy atom. The average Bonchev–Trinajstić information content (AvgIpc) is 3.48. The number of nitrogens with zero attached hydrogens (tertiary/aromatic N) is 1. The predicted octanol–water partition coefficient (Wildman–Crippen LogP) is 0.772. The second kappa shape index (κ2) is 35.0. The predicted molar refractivity (Wildman–Crippen MR) is 192 cm³/mol. The maximum Gasteiger partial charge on any atom is 0.253 e. The molecule has 0 atom stereocenters. The minimum atomic E-state index is -0.309. The van der Waals surface area contributed by atoms with Crippen molar-refractivity contribution < 1.29 is 71.2 Å². The third-order valence-corrected chi connectivity index (χ3v) is 6.86. The Bertz CT molecular complexity index is 1030. The minimum Gasteiger partial charge on any atom is -0.489 e. The molecule has 1 aliphatic heterocycles. The number of ether oxygens (including phenoxy) is 13. The van der Waals surface area contributed by atoms with Gasteiger partial charge < -0.3 is 67.3 Å². The minimum absolute atomic E-state index is 0.236. The largest absolute Gasteiger partial charge is 0.489 e. The molecule has 2 N–H and O–H groups in total. The van der Waals surface area contributed by atoms with E-state index in [9.17, 15) is 9.59 Å². The van der Waals surface area contributed by atoms with Gasteiger partial charge in [0.1, 0.15) is 12.4 Å². The molecule has 0 bridgehead atoms. The van der Waals surface area contributed by atoms with Gasteiger partial charge in [-0.2, -0.15) is 0 Å². The summed E-state index contributed by atoms with van der Waals surface area (Å²) in [5.74, 6) is 0.0443. The lowest BCUT2D eigenvalue weighted by Gasteiger charge is -2.13. The molecule has 2 rings (SSSR count). The SMILES string of the molecule is Nc1ccccc1OCCOCCOCCOCCOCCOCCOCCOCCOCCOCCOCCOCCOCCN1C(=O)C=CC1=O. The summed E-state index contributed by atoms with van der Waals surface area (Å²) in [5.41, 5.74) is 6.43. The Kier molecular flexibility index (Phi) is 30.6. The first kappa shape index (κ1) is 46.4. The molecule has 1 heterocycles. The Balaban J connectivity index is 1.13. The first-order valence-electron chi connectivity index (χ1n) is 18.1. The number of imide groups is 1. The van der Waals surface area contributed by atoms with Crippen LogP contribution in [-0.2, 0) is 66.4 Å². The van der Waals surface area contributed by atoms with E-state index in [4.69, 9.17) is 67.3 Å². The smallest absolute Gasteiger partial charge is 0.253 e. The van der Waals surface area contributed by atoms with Crippen LogP contribution in [0, 0.1) is 0 Å². The summed E-state index contributed by atoms with van der Waals surface area (Å²) in [6.07, 6.45) is 2.51. The summed E-state index contributed by atoms with van der Waals surface area (Å²) in [7, 11) is 0. The molecule has 1 aromatic carbocycles. The standard InChI is InChI=1S/C36H60N2O15/c37-33-3-1-2-4-34(33)53-32-31-52-30-29-51-28-27-50-26-25-49-24-23-48-22-21-47-20-19-46-18-17-45-16-15-44-14-13-43-12-11-42-10-9-41-8-7-38-35(39)5-6-36(38)40/h1-6H,7-32,37H2. The molecule has 17 heteroatoms. The summed E-state index contributed by atoms with van der Waals surface area (Å²) < 4.78 is 71.1. The molecule has 2 amide bonds. The van der Waals surface area contributed by atoms with Crippen LogP contribution >= 0.6 is 0 Å². The van der Waals surface area contributed by atoms with Gasteiger partial charge in [-0.1, -0.05) is 12.1 Å². The monoisotopic (exact) mass is 760 g/mol. The quantitative estimate of drug-likeness (QED) is 0.0562. The zero-order valence-electron chi connectivity index (χ0n) is 31.0. The summed E-state index contributed by atoms with van der Waals surface area (Å²) in [6.45, 7) is 11.8. The molecule has 0 spiro atoms. The second-order valence-electron chi connectivity index (χ2n) is 10.9. The third kappa shape index (κ3) is 27.5. The van der Waals surface area contributed by atoms with Crippen molar-refractivity contribution >= 4 is 17.5 Å². The Morgan fingerprint density at radius 2 is 0.642 bits per heavy atom. The molecule has 17 nitrogen and oxygen atoms in total. The molecule has 0 radical (unpaired) electrons. The fourth-order valence-electron chi connectivity index (χ4n) is 4.15. The van der Waals surface area contributed by atoms with Gasteiger partial charge in [0, 0.05) is 12.2 Å². The highest BCUT2D eigenvalue weighted by atomic mass is 16.6. The zero-order chi connectivity index (χ0) is 37.7. The number of hydrogen-bond acceptors (Lipinski definition) is 16. The molecule has 1 aromatic rings. The maximum absolute atomic E-state index is 11.4. The molecule has 0 saturated carbocycles. The number of nitrogens with two attached hydrogens (primary N) is 1. The molecule has 0 saturated heterocycles. The second-order valence-corrected chi connectivity index (χ2v) is 10.9. The van der Waals surface area contributed by atoms with Crippen LogP contribution in [0.15, 0.2) is 36.4 Å². The van der Waals surface area contributed by atoms with Crippen LogP contribution < -0.4 is 10.5 Å².